The smallest absolute Gasteiger partial charge is 0.403 e. The molecule has 1 aromatic heterocycles. The number of aliphatic hydroxyl groups is 1. The maximum absolute atomic E-state index is 12.5. The molecule has 186 valence electrons. The van der Waals surface area contributed by atoms with Crippen molar-refractivity contribution in [1.29, 1.82) is 0 Å². The van der Waals surface area contributed by atoms with E-state index in [0.29, 0.717) is 36.6 Å². The zero-order valence-corrected chi connectivity index (χ0v) is 19.4. The van der Waals surface area contributed by atoms with Crippen molar-refractivity contribution in [3.8, 4) is 0 Å². The van der Waals surface area contributed by atoms with Gasteiger partial charge >= 0.3 is 12.2 Å². The van der Waals surface area contributed by atoms with E-state index in [2.05, 4.69) is 20.3 Å². The molecule has 2 atom stereocenters. The number of hydrogen-bond acceptors (Lipinski definition) is 7. The predicted molar refractivity (Wildman–Crippen MR) is 123 cm³/mol. The van der Waals surface area contributed by atoms with Gasteiger partial charge in [-0.1, -0.05) is 6.08 Å². The van der Waals surface area contributed by atoms with Crippen LogP contribution in [0.25, 0.3) is 5.57 Å². The van der Waals surface area contributed by atoms with Gasteiger partial charge in [-0.15, -0.1) is 0 Å². The second kappa shape index (κ2) is 10.00. The molecule has 2 aliphatic rings. The van der Waals surface area contributed by atoms with Crippen LogP contribution < -0.4 is 16.4 Å². The summed E-state index contributed by atoms with van der Waals surface area (Å²) in [7, 11) is 0. The molecule has 2 unspecified atom stereocenters. The summed E-state index contributed by atoms with van der Waals surface area (Å²) < 4.78 is 37.5. The number of carbonyl (C=O) groups excluding carboxylic acids is 1. The molecule has 2 bridgehead atoms. The number of carbonyl (C=O) groups is 1. The molecule has 34 heavy (non-hydrogen) atoms. The molecular weight excluding hydrogens is 451 g/mol. The first kappa shape index (κ1) is 25.5. The number of anilines is 1. The summed E-state index contributed by atoms with van der Waals surface area (Å²) in [6, 6.07) is -1.19. The molecule has 5 N–H and O–H groups in total. The highest BCUT2D eigenvalue weighted by atomic mass is 19.4. The van der Waals surface area contributed by atoms with Crippen molar-refractivity contribution in [3.63, 3.8) is 0 Å². The van der Waals surface area contributed by atoms with E-state index in [1.54, 1.807) is 20.0 Å². The Labute approximate surface area is 196 Å². The summed E-state index contributed by atoms with van der Waals surface area (Å²) in [5.74, 6) is 0.297. The second-order valence-corrected chi connectivity index (χ2v) is 9.13. The van der Waals surface area contributed by atoms with Crippen molar-refractivity contribution in [2.75, 3.05) is 18.4 Å². The van der Waals surface area contributed by atoms with Crippen molar-refractivity contribution in [3.05, 3.63) is 35.4 Å². The molecular formula is C22H30F3N7O2. The van der Waals surface area contributed by atoms with Crippen molar-refractivity contribution in [1.82, 2.24) is 20.2 Å². The summed E-state index contributed by atoms with van der Waals surface area (Å²) in [5.41, 5.74) is 7.62. The lowest BCUT2D eigenvalue weighted by molar-refractivity contribution is -0.123. The van der Waals surface area contributed by atoms with Crippen LogP contribution in [-0.4, -0.2) is 69.2 Å². The third-order valence-electron chi connectivity index (χ3n) is 5.49. The highest BCUT2D eigenvalue weighted by Crippen LogP contribution is 2.39. The summed E-state index contributed by atoms with van der Waals surface area (Å²) in [5, 5.41) is 14.7. The molecule has 0 aromatic carbocycles. The minimum Gasteiger partial charge on any atom is -0.403 e. The molecule has 3 rings (SSSR count). The molecule has 0 spiro atoms. The number of halogens is 3. The minimum atomic E-state index is -4.46. The number of alkyl halides is 3. The number of fused-ring (bicyclic) bond motifs is 2. The van der Waals surface area contributed by atoms with Crippen LogP contribution in [0.2, 0.25) is 0 Å². The largest absolute Gasteiger partial charge is 0.405 e. The number of hydrogen-bond donors (Lipinski definition) is 4. The Kier molecular flexibility index (Phi) is 7.49. The number of nitrogens with one attached hydrogen (secondary N) is 2. The molecule has 1 saturated heterocycles. The van der Waals surface area contributed by atoms with E-state index in [0.717, 1.165) is 11.1 Å². The lowest BCUT2D eigenvalue weighted by Crippen LogP contribution is -2.50. The molecule has 2 amide bonds. The summed E-state index contributed by atoms with van der Waals surface area (Å²) in [6.45, 7) is 3.99. The van der Waals surface area contributed by atoms with E-state index >= 15 is 0 Å². The Morgan fingerprint density at radius 1 is 1.38 bits per heavy atom. The van der Waals surface area contributed by atoms with Gasteiger partial charge in [0.15, 0.2) is 0 Å². The van der Waals surface area contributed by atoms with E-state index < -0.39 is 24.4 Å². The SMILES string of the molecule is Cc1cnc(NC(C=NCC(C)(C)O)=CN)nc1C1=CC2CCC(C1)N2C(=O)NCC(F)(F)F. The highest BCUT2D eigenvalue weighted by Gasteiger charge is 2.41. The fourth-order valence-corrected chi connectivity index (χ4v) is 4.03. The Morgan fingerprint density at radius 3 is 2.74 bits per heavy atom. The normalized spacial score (nSPS) is 21.1. The molecule has 0 radical (unpaired) electrons. The zero-order valence-electron chi connectivity index (χ0n) is 19.4. The van der Waals surface area contributed by atoms with Crippen molar-refractivity contribution < 1.29 is 23.1 Å². The van der Waals surface area contributed by atoms with Gasteiger partial charge in [0.25, 0.3) is 0 Å². The average Bonchev–Trinajstić information content (AvgIpc) is 3.00. The molecule has 1 fully saturated rings. The van der Waals surface area contributed by atoms with Gasteiger partial charge in [-0.25, -0.2) is 14.8 Å². The molecule has 3 heterocycles. The van der Waals surface area contributed by atoms with E-state index in [9.17, 15) is 23.1 Å². The molecule has 2 aliphatic heterocycles. The van der Waals surface area contributed by atoms with Gasteiger partial charge in [0.2, 0.25) is 5.95 Å². The van der Waals surface area contributed by atoms with Crippen LogP contribution in [0.3, 0.4) is 0 Å². The Balaban J connectivity index is 1.74. The van der Waals surface area contributed by atoms with Gasteiger partial charge in [-0.2, -0.15) is 13.2 Å². The van der Waals surface area contributed by atoms with Gasteiger partial charge in [0.1, 0.15) is 6.54 Å². The minimum absolute atomic E-state index is 0.189. The van der Waals surface area contributed by atoms with E-state index in [4.69, 9.17) is 5.73 Å². The van der Waals surface area contributed by atoms with Crippen LogP contribution in [-0.2, 0) is 0 Å². The van der Waals surface area contributed by atoms with E-state index in [1.165, 1.54) is 17.3 Å². The number of allylic oxidation sites excluding steroid dienone is 1. The van der Waals surface area contributed by atoms with Crippen LogP contribution in [0.4, 0.5) is 23.9 Å². The van der Waals surface area contributed by atoms with Crippen LogP contribution >= 0.6 is 0 Å². The average molecular weight is 482 g/mol. The molecule has 0 saturated carbocycles. The third kappa shape index (κ3) is 6.69. The van der Waals surface area contributed by atoms with Crippen molar-refractivity contribution in [2.24, 2.45) is 10.7 Å². The number of amides is 2. The molecule has 9 nitrogen and oxygen atoms in total. The van der Waals surface area contributed by atoms with Gasteiger partial charge < -0.3 is 26.4 Å². The lowest BCUT2D eigenvalue weighted by atomic mass is 9.96. The Bertz CT molecular complexity index is 999. The van der Waals surface area contributed by atoms with Crippen LogP contribution in [0.15, 0.2) is 29.2 Å². The number of rotatable bonds is 7. The van der Waals surface area contributed by atoms with Crippen LogP contribution in [0.5, 0.6) is 0 Å². The van der Waals surface area contributed by atoms with Gasteiger partial charge in [0.05, 0.1) is 29.6 Å². The number of nitrogens with zero attached hydrogens (tertiary/aromatic N) is 4. The Morgan fingerprint density at radius 2 is 2.12 bits per heavy atom. The van der Waals surface area contributed by atoms with Crippen molar-refractivity contribution in [2.45, 2.75) is 63.9 Å². The number of urea groups is 1. The summed E-state index contributed by atoms with van der Waals surface area (Å²) >= 11 is 0. The maximum Gasteiger partial charge on any atom is 0.405 e. The summed E-state index contributed by atoms with van der Waals surface area (Å²) in [4.78, 5) is 26.9. The number of aryl methyl sites for hydroxylation is 1. The van der Waals surface area contributed by atoms with Crippen molar-refractivity contribution >= 4 is 23.8 Å². The van der Waals surface area contributed by atoms with Gasteiger partial charge in [0, 0.05) is 24.7 Å². The topological polar surface area (TPSA) is 129 Å². The molecule has 1 aromatic rings. The monoisotopic (exact) mass is 481 g/mol. The van der Waals surface area contributed by atoms with E-state index in [1.807, 2.05) is 18.3 Å². The van der Waals surface area contributed by atoms with Crippen LogP contribution in [0.1, 0.15) is 44.4 Å². The lowest BCUT2D eigenvalue weighted by Gasteiger charge is -2.34. The fraction of sp³-hybridized carbons (Fsp3) is 0.545. The van der Waals surface area contributed by atoms with Crippen LogP contribution in [0, 0.1) is 6.92 Å². The number of aliphatic imine (C=N–C) groups is 1. The molecule has 12 heteroatoms. The molecule has 0 aliphatic carbocycles. The van der Waals surface area contributed by atoms with Gasteiger partial charge in [-0.05, 0) is 51.2 Å². The fourth-order valence-electron chi connectivity index (χ4n) is 4.03. The second-order valence-electron chi connectivity index (χ2n) is 9.13. The van der Waals surface area contributed by atoms with Gasteiger partial charge in [-0.3, -0.25) is 4.99 Å². The number of aromatic nitrogens is 2. The zero-order chi connectivity index (χ0) is 25.1. The Hall–Kier alpha value is -3.15. The first-order chi connectivity index (χ1) is 15.9. The summed E-state index contributed by atoms with van der Waals surface area (Å²) in [6.07, 6.45) is 3.78. The standard InChI is InChI=1S/C22H30F3N7O2/c1-13-9-28-19(30-15(8-26)10-27-11-21(2,3)34)31-18(13)14-6-16-4-5-17(7-14)32(16)20(33)29-12-22(23,24)25/h6,8-10,16-17,34H,4-5,7,11-12,26H2,1-3H3,(H,29,33)(H,28,30,31). The first-order valence-electron chi connectivity index (χ1n) is 10.9. The number of nitrogens with two attached hydrogens (primary N) is 1. The highest BCUT2D eigenvalue weighted by molar-refractivity contribution is 5.82. The third-order valence-corrected chi connectivity index (χ3v) is 5.49. The quantitative estimate of drug-likeness (QED) is 0.444. The maximum atomic E-state index is 12.5. The van der Waals surface area contributed by atoms with E-state index in [-0.39, 0.29) is 18.6 Å². The first-order valence-corrected chi connectivity index (χ1v) is 10.9. The predicted octanol–water partition coefficient (Wildman–Crippen LogP) is 2.73.